The van der Waals surface area contributed by atoms with Gasteiger partial charge in [-0.05, 0) is 57.5 Å². The molecule has 4 rings (SSSR count). The van der Waals surface area contributed by atoms with Crippen molar-refractivity contribution in [1.29, 1.82) is 0 Å². The molecule has 0 radical (unpaired) electrons. The Morgan fingerprint density at radius 3 is 3.07 bits per heavy atom. The van der Waals surface area contributed by atoms with Crippen LogP contribution in [-0.4, -0.2) is 57.2 Å². The van der Waals surface area contributed by atoms with Gasteiger partial charge in [-0.15, -0.1) is 0 Å². The van der Waals surface area contributed by atoms with E-state index < -0.39 is 0 Å². The number of hydrogen-bond acceptors (Lipinski definition) is 6. The van der Waals surface area contributed by atoms with Crippen molar-refractivity contribution >= 4 is 5.91 Å². The third-order valence-corrected chi connectivity index (χ3v) is 5.13. The lowest BCUT2D eigenvalue weighted by atomic mass is 9.98. The van der Waals surface area contributed by atoms with Gasteiger partial charge in [0, 0.05) is 19.3 Å². The number of furan rings is 1. The topological polar surface area (TPSA) is 89.1 Å². The first-order chi connectivity index (χ1) is 13.6. The van der Waals surface area contributed by atoms with E-state index >= 15 is 0 Å². The summed E-state index contributed by atoms with van der Waals surface area (Å²) in [6, 6.07) is 5.42. The van der Waals surface area contributed by atoms with Gasteiger partial charge in [-0.1, -0.05) is 0 Å². The summed E-state index contributed by atoms with van der Waals surface area (Å²) in [7, 11) is 2.12. The van der Waals surface area contributed by atoms with Crippen LogP contribution in [0, 0.1) is 12.8 Å². The van der Waals surface area contributed by atoms with Gasteiger partial charge in [-0.25, -0.2) is 14.6 Å². The number of hydrogen-bond donors (Lipinski definition) is 1. The Morgan fingerprint density at radius 2 is 2.29 bits per heavy atom. The second-order valence-corrected chi connectivity index (χ2v) is 7.26. The quantitative estimate of drug-likeness (QED) is 0.731. The fourth-order valence-electron chi connectivity index (χ4n) is 3.62. The molecule has 0 bridgehead atoms. The Labute approximate surface area is 163 Å². The van der Waals surface area contributed by atoms with Crippen molar-refractivity contribution in [2.45, 2.75) is 19.8 Å². The lowest BCUT2D eigenvalue weighted by Gasteiger charge is -2.29. The molecular weight excluding hydrogens is 356 g/mol. The third kappa shape index (κ3) is 3.82. The number of carbonyl (C=O) groups excluding carboxylic acids is 1. The molecule has 1 fully saturated rings. The van der Waals surface area contributed by atoms with Crippen molar-refractivity contribution in [3.05, 3.63) is 48.1 Å². The van der Waals surface area contributed by atoms with Crippen LogP contribution in [-0.2, 0) is 0 Å². The number of nitrogens with one attached hydrogen (secondary N) is 1. The zero-order valence-electron chi connectivity index (χ0n) is 16.1. The van der Waals surface area contributed by atoms with Crippen molar-refractivity contribution in [2.24, 2.45) is 5.92 Å². The minimum atomic E-state index is -0.112. The first-order valence-corrected chi connectivity index (χ1v) is 9.50. The van der Waals surface area contributed by atoms with Crippen molar-refractivity contribution in [3.8, 4) is 17.4 Å². The first kappa shape index (κ1) is 18.4. The third-order valence-electron chi connectivity index (χ3n) is 5.13. The SMILES string of the molecule is Cc1c(C(=O)NCC2CCCN(C)C2)cnn1-c1nccc(-c2ccco2)n1. The predicted octanol–water partition coefficient (Wildman–Crippen LogP) is 2.30. The lowest BCUT2D eigenvalue weighted by molar-refractivity contribution is 0.0936. The molecule has 1 atom stereocenters. The summed E-state index contributed by atoms with van der Waals surface area (Å²) in [5.41, 5.74) is 1.91. The van der Waals surface area contributed by atoms with E-state index in [1.807, 2.05) is 19.1 Å². The van der Waals surface area contributed by atoms with Gasteiger partial charge < -0.3 is 14.6 Å². The monoisotopic (exact) mass is 380 g/mol. The Hall–Kier alpha value is -3.00. The van der Waals surface area contributed by atoms with E-state index in [1.165, 1.54) is 6.42 Å². The smallest absolute Gasteiger partial charge is 0.254 e. The minimum Gasteiger partial charge on any atom is -0.463 e. The molecule has 1 aliphatic rings. The van der Waals surface area contributed by atoms with Gasteiger partial charge in [0.05, 0.1) is 23.7 Å². The van der Waals surface area contributed by atoms with Gasteiger partial charge in [0.15, 0.2) is 5.76 Å². The van der Waals surface area contributed by atoms with Crippen LogP contribution in [0.1, 0.15) is 28.9 Å². The largest absolute Gasteiger partial charge is 0.463 e. The first-order valence-electron chi connectivity index (χ1n) is 9.50. The van der Waals surface area contributed by atoms with Crippen LogP contribution in [0.3, 0.4) is 0 Å². The number of aromatic nitrogens is 4. The molecule has 0 aliphatic carbocycles. The second-order valence-electron chi connectivity index (χ2n) is 7.26. The molecule has 1 amide bonds. The molecule has 1 N–H and O–H groups in total. The van der Waals surface area contributed by atoms with E-state index in [-0.39, 0.29) is 5.91 Å². The number of rotatable bonds is 5. The van der Waals surface area contributed by atoms with Gasteiger partial charge in [0.25, 0.3) is 11.9 Å². The average Bonchev–Trinajstić information content (AvgIpc) is 3.36. The van der Waals surface area contributed by atoms with Gasteiger partial charge in [-0.2, -0.15) is 5.10 Å². The van der Waals surface area contributed by atoms with E-state index in [1.54, 1.807) is 29.4 Å². The number of amides is 1. The van der Waals surface area contributed by atoms with Crippen LogP contribution in [0.15, 0.2) is 41.3 Å². The maximum absolute atomic E-state index is 12.7. The van der Waals surface area contributed by atoms with Crippen LogP contribution < -0.4 is 5.32 Å². The zero-order chi connectivity index (χ0) is 19.5. The van der Waals surface area contributed by atoms with Crippen LogP contribution in [0.2, 0.25) is 0 Å². The molecule has 0 spiro atoms. The van der Waals surface area contributed by atoms with Crippen LogP contribution in [0.4, 0.5) is 0 Å². The number of likely N-dealkylation sites (tertiary alicyclic amines) is 1. The highest BCUT2D eigenvalue weighted by atomic mass is 16.3. The maximum Gasteiger partial charge on any atom is 0.254 e. The summed E-state index contributed by atoms with van der Waals surface area (Å²) in [6.07, 6.45) is 7.15. The number of nitrogens with zero attached hydrogens (tertiary/aromatic N) is 5. The van der Waals surface area contributed by atoms with Gasteiger partial charge in [0.2, 0.25) is 0 Å². The highest BCUT2D eigenvalue weighted by Gasteiger charge is 2.20. The predicted molar refractivity (Wildman–Crippen MR) is 104 cm³/mol. The molecule has 8 heteroatoms. The second kappa shape index (κ2) is 7.93. The number of carbonyl (C=O) groups is 1. The molecule has 1 saturated heterocycles. The molecule has 3 aromatic rings. The Bertz CT molecular complexity index is 950. The van der Waals surface area contributed by atoms with E-state index in [9.17, 15) is 4.79 Å². The number of piperidine rings is 1. The maximum atomic E-state index is 12.7. The summed E-state index contributed by atoms with van der Waals surface area (Å²) in [5.74, 6) is 1.44. The standard InChI is InChI=1S/C20H24N6O2/c1-14-16(19(27)22-11-15-5-3-9-25(2)13-15)12-23-26(14)20-21-8-7-17(24-20)18-6-4-10-28-18/h4,6-8,10,12,15H,3,5,9,11,13H2,1-2H3,(H,22,27). The molecule has 146 valence electrons. The van der Waals surface area contributed by atoms with Crippen molar-refractivity contribution < 1.29 is 9.21 Å². The Kier molecular flexibility index (Phi) is 5.21. The molecular formula is C20H24N6O2. The van der Waals surface area contributed by atoms with Crippen LogP contribution in [0.25, 0.3) is 17.4 Å². The molecule has 1 aliphatic heterocycles. The molecule has 1 unspecified atom stereocenters. The summed E-state index contributed by atoms with van der Waals surface area (Å²) in [5, 5.41) is 7.38. The van der Waals surface area contributed by atoms with Gasteiger partial charge in [0.1, 0.15) is 5.69 Å². The Balaban J connectivity index is 1.48. The van der Waals surface area contributed by atoms with Gasteiger partial charge in [-0.3, -0.25) is 4.79 Å². The van der Waals surface area contributed by atoms with Crippen LogP contribution in [0.5, 0.6) is 0 Å². The Morgan fingerprint density at radius 1 is 1.39 bits per heavy atom. The molecule has 4 heterocycles. The minimum absolute atomic E-state index is 0.112. The zero-order valence-corrected chi connectivity index (χ0v) is 16.1. The van der Waals surface area contributed by atoms with E-state index in [4.69, 9.17) is 4.42 Å². The summed E-state index contributed by atoms with van der Waals surface area (Å²) in [4.78, 5) is 23.8. The van der Waals surface area contributed by atoms with Crippen molar-refractivity contribution in [3.63, 3.8) is 0 Å². The van der Waals surface area contributed by atoms with Gasteiger partial charge >= 0.3 is 0 Å². The molecule has 8 nitrogen and oxygen atoms in total. The van der Waals surface area contributed by atoms with Crippen molar-refractivity contribution in [1.82, 2.24) is 30.0 Å². The molecule has 0 saturated carbocycles. The fraction of sp³-hybridized carbons (Fsp3) is 0.400. The molecule has 3 aromatic heterocycles. The molecule has 0 aromatic carbocycles. The fourth-order valence-corrected chi connectivity index (χ4v) is 3.62. The summed E-state index contributed by atoms with van der Waals surface area (Å²) < 4.78 is 6.97. The van der Waals surface area contributed by atoms with E-state index in [2.05, 4.69) is 32.3 Å². The summed E-state index contributed by atoms with van der Waals surface area (Å²) in [6.45, 7) is 4.68. The highest BCUT2D eigenvalue weighted by molar-refractivity contribution is 5.95. The van der Waals surface area contributed by atoms with E-state index in [0.717, 1.165) is 19.5 Å². The van der Waals surface area contributed by atoms with Crippen molar-refractivity contribution in [2.75, 3.05) is 26.7 Å². The van der Waals surface area contributed by atoms with E-state index in [0.29, 0.717) is 41.1 Å². The highest BCUT2D eigenvalue weighted by Crippen LogP contribution is 2.19. The average molecular weight is 380 g/mol. The summed E-state index contributed by atoms with van der Waals surface area (Å²) >= 11 is 0. The lowest BCUT2D eigenvalue weighted by Crippen LogP contribution is -2.39. The van der Waals surface area contributed by atoms with Crippen LogP contribution >= 0.6 is 0 Å². The normalized spacial score (nSPS) is 17.6. The molecule has 28 heavy (non-hydrogen) atoms.